The quantitative estimate of drug-likeness (QED) is 0.917. The number of hydrogen-bond acceptors (Lipinski definition) is 3. The van der Waals surface area contributed by atoms with Gasteiger partial charge in [-0.15, -0.1) is 0 Å². The molecule has 2 aliphatic rings. The number of fused-ring (bicyclic) bond motifs is 1. The van der Waals surface area contributed by atoms with Crippen LogP contribution in [0.5, 0.6) is 0 Å². The number of carbonyl (C=O) groups excluding carboxylic acids is 1. The monoisotopic (exact) mass is 343 g/mol. The molecular weight excluding hydrogens is 324 g/mol. The Kier molecular flexibility index (Phi) is 3.94. The van der Waals surface area contributed by atoms with Gasteiger partial charge in [0.25, 0.3) is 0 Å². The molecule has 126 valence electrons. The number of carbonyl (C=O) groups is 1. The number of sulfone groups is 1. The Morgan fingerprint density at radius 2 is 1.96 bits per heavy atom. The molecule has 0 aliphatic heterocycles. The second-order valence-corrected chi connectivity index (χ2v) is 8.82. The van der Waals surface area contributed by atoms with Crippen molar-refractivity contribution < 1.29 is 22.0 Å². The summed E-state index contributed by atoms with van der Waals surface area (Å²) < 4.78 is 50.0. The van der Waals surface area contributed by atoms with E-state index in [1.807, 2.05) is 0 Å². The predicted molar refractivity (Wildman–Crippen MR) is 81.6 cm³/mol. The smallest absolute Gasteiger partial charge is 0.241 e. The van der Waals surface area contributed by atoms with Crippen LogP contribution in [0.3, 0.4) is 0 Å². The van der Waals surface area contributed by atoms with E-state index in [2.05, 4.69) is 5.32 Å². The molecule has 0 aromatic heterocycles. The van der Waals surface area contributed by atoms with Crippen molar-refractivity contribution in [1.29, 1.82) is 0 Å². The molecule has 1 atom stereocenters. The molecule has 1 N–H and O–H groups in total. The largest absolute Gasteiger partial charge is 0.348 e. The van der Waals surface area contributed by atoms with Crippen LogP contribution in [0.2, 0.25) is 0 Å². The van der Waals surface area contributed by atoms with Crippen molar-refractivity contribution in [3.05, 3.63) is 34.9 Å². The molecular formula is C16H19F2NO3S. The molecule has 1 saturated carbocycles. The van der Waals surface area contributed by atoms with E-state index < -0.39 is 38.2 Å². The second kappa shape index (κ2) is 5.54. The summed E-state index contributed by atoms with van der Waals surface area (Å²) in [6, 6.07) is 1.53. The highest BCUT2D eigenvalue weighted by Gasteiger charge is 2.53. The van der Waals surface area contributed by atoms with Crippen molar-refractivity contribution in [2.24, 2.45) is 0 Å². The first-order valence-electron chi connectivity index (χ1n) is 7.73. The van der Waals surface area contributed by atoms with Crippen LogP contribution in [0.1, 0.15) is 49.3 Å². The van der Waals surface area contributed by atoms with Crippen molar-refractivity contribution in [3.8, 4) is 0 Å². The van der Waals surface area contributed by atoms with Gasteiger partial charge in [-0.1, -0.05) is 0 Å². The Balaban J connectivity index is 1.90. The SMILES string of the molecule is CS(=O)(=O)C1(C(=O)N[C@H]2CCCc3c(F)cc(F)cc32)CCC1. The van der Waals surface area contributed by atoms with Crippen LogP contribution < -0.4 is 5.32 Å². The Labute approximate surface area is 134 Å². The zero-order valence-corrected chi connectivity index (χ0v) is 13.7. The normalized spacial score (nSPS) is 22.8. The molecule has 1 amide bonds. The third-order valence-electron chi connectivity index (χ3n) is 5.08. The molecule has 0 spiro atoms. The molecule has 1 aromatic rings. The standard InChI is InChI=1S/C16H19F2NO3S/c1-23(21,22)16(6-3-7-16)15(20)19-14-5-2-4-11-12(14)8-10(17)9-13(11)18/h8-9,14H,2-7H2,1H3,(H,19,20)/t14-/m0/s1. The molecule has 7 heteroatoms. The van der Waals surface area contributed by atoms with Crippen LogP contribution in [0.25, 0.3) is 0 Å². The highest BCUT2D eigenvalue weighted by Crippen LogP contribution is 2.40. The van der Waals surface area contributed by atoms with Gasteiger partial charge >= 0.3 is 0 Å². The zero-order valence-electron chi connectivity index (χ0n) is 12.9. The van der Waals surface area contributed by atoms with Crippen molar-refractivity contribution in [2.75, 3.05) is 6.26 Å². The number of nitrogens with one attached hydrogen (secondary N) is 1. The van der Waals surface area contributed by atoms with E-state index in [0.717, 1.165) is 12.3 Å². The van der Waals surface area contributed by atoms with E-state index in [1.54, 1.807) is 0 Å². The number of halogens is 2. The van der Waals surface area contributed by atoms with Crippen molar-refractivity contribution in [3.63, 3.8) is 0 Å². The molecule has 0 bridgehead atoms. The second-order valence-electron chi connectivity index (χ2n) is 6.49. The first kappa shape index (κ1) is 16.4. The van der Waals surface area contributed by atoms with Gasteiger partial charge < -0.3 is 5.32 Å². The highest BCUT2D eigenvalue weighted by atomic mass is 32.2. The van der Waals surface area contributed by atoms with E-state index in [-0.39, 0.29) is 0 Å². The van der Waals surface area contributed by atoms with E-state index in [9.17, 15) is 22.0 Å². The minimum atomic E-state index is -3.53. The average Bonchev–Trinajstić information content (AvgIpc) is 2.36. The fourth-order valence-electron chi connectivity index (χ4n) is 3.54. The lowest BCUT2D eigenvalue weighted by Crippen LogP contribution is -2.57. The number of rotatable bonds is 3. The summed E-state index contributed by atoms with van der Waals surface area (Å²) >= 11 is 0. The van der Waals surface area contributed by atoms with Gasteiger partial charge in [-0.3, -0.25) is 4.79 Å². The van der Waals surface area contributed by atoms with Gasteiger partial charge in [0.2, 0.25) is 5.91 Å². The summed E-state index contributed by atoms with van der Waals surface area (Å²) in [5, 5.41) is 2.73. The Morgan fingerprint density at radius 3 is 2.52 bits per heavy atom. The van der Waals surface area contributed by atoms with Crippen LogP contribution >= 0.6 is 0 Å². The maximum Gasteiger partial charge on any atom is 0.241 e. The van der Waals surface area contributed by atoms with E-state index >= 15 is 0 Å². The summed E-state index contributed by atoms with van der Waals surface area (Å²) in [6.07, 6.45) is 4.05. The van der Waals surface area contributed by atoms with Crippen LogP contribution in [-0.4, -0.2) is 25.3 Å². The highest BCUT2D eigenvalue weighted by molar-refractivity contribution is 7.93. The van der Waals surface area contributed by atoms with Gasteiger partial charge in [-0.25, -0.2) is 17.2 Å². The number of hydrogen-bond donors (Lipinski definition) is 1. The topological polar surface area (TPSA) is 63.2 Å². The van der Waals surface area contributed by atoms with Crippen LogP contribution in [-0.2, 0) is 21.1 Å². The lowest BCUT2D eigenvalue weighted by molar-refractivity contribution is -0.126. The van der Waals surface area contributed by atoms with E-state index in [4.69, 9.17) is 0 Å². The summed E-state index contributed by atoms with van der Waals surface area (Å²) in [5.74, 6) is -1.85. The summed E-state index contributed by atoms with van der Waals surface area (Å²) in [4.78, 5) is 12.6. The van der Waals surface area contributed by atoms with Gasteiger partial charge in [-0.05, 0) is 55.7 Å². The number of amides is 1. The van der Waals surface area contributed by atoms with Gasteiger partial charge in [0.1, 0.15) is 16.4 Å². The molecule has 1 fully saturated rings. The van der Waals surface area contributed by atoms with E-state index in [0.29, 0.717) is 49.7 Å². The van der Waals surface area contributed by atoms with Crippen molar-refractivity contribution in [2.45, 2.75) is 49.3 Å². The molecule has 0 saturated heterocycles. The first-order valence-corrected chi connectivity index (χ1v) is 9.62. The molecule has 0 radical (unpaired) electrons. The predicted octanol–water partition coefficient (Wildman–Crippen LogP) is 2.43. The maximum atomic E-state index is 13.9. The fourth-order valence-corrected chi connectivity index (χ4v) is 4.97. The molecule has 4 nitrogen and oxygen atoms in total. The fraction of sp³-hybridized carbons (Fsp3) is 0.562. The van der Waals surface area contributed by atoms with Gasteiger partial charge in [-0.2, -0.15) is 0 Å². The van der Waals surface area contributed by atoms with Gasteiger partial charge in [0, 0.05) is 12.3 Å². The van der Waals surface area contributed by atoms with Crippen LogP contribution in [0.4, 0.5) is 8.78 Å². The first-order chi connectivity index (χ1) is 10.7. The minimum absolute atomic E-state index is 0.300. The molecule has 0 unspecified atom stereocenters. The number of benzene rings is 1. The Hall–Kier alpha value is -1.50. The summed E-state index contributed by atoms with van der Waals surface area (Å²) in [7, 11) is -3.53. The van der Waals surface area contributed by atoms with Crippen molar-refractivity contribution in [1.82, 2.24) is 5.32 Å². The Morgan fingerprint density at radius 1 is 1.26 bits per heavy atom. The summed E-state index contributed by atoms with van der Waals surface area (Å²) in [6.45, 7) is 0. The lowest BCUT2D eigenvalue weighted by atomic mass is 9.82. The van der Waals surface area contributed by atoms with Crippen molar-refractivity contribution >= 4 is 15.7 Å². The van der Waals surface area contributed by atoms with Gasteiger partial charge in [0.05, 0.1) is 6.04 Å². The molecule has 0 heterocycles. The average molecular weight is 343 g/mol. The van der Waals surface area contributed by atoms with Gasteiger partial charge in [0.15, 0.2) is 9.84 Å². The lowest BCUT2D eigenvalue weighted by Gasteiger charge is -2.40. The molecule has 23 heavy (non-hydrogen) atoms. The van der Waals surface area contributed by atoms with E-state index in [1.165, 1.54) is 6.07 Å². The molecule has 3 rings (SSSR count). The molecule has 1 aromatic carbocycles. The van der Waals surface area contributed by atoms with Crippen LogP contribution in [0.15, 0.2) is 12.1 Å². The third-order valence-corrected chi connectivity index (χ3v) is 7.09. The summed E-state index contributed by atoms with van der Waals surface area (Å²) in [5.41, 5.74) is 0.829. The van der Waals surface area contributed by atoms with Crippen LogP contribution in [0, 0.1) is 11.6 Å². The zero-order chi connectivity index (χ0) is 16.8. The molecule has 2 aliphatic carbocycles. The Bertz CT molecular complexity index is 757. The minimum Gasteiger partial charge on any atom is -0.348 e. The third kappa shape index (κ3) is 2.65. The maximum absolute atomic E-state index is 13.9.